The minimum atomic E-state index is -0.544. The zero-order chi connectivity index (χ0) is 13.5. The summed E-state index contributed by atoms with van der Waals surface area (Å²) in [5, 5.41) is 0. The second-order valence-corrected chi connectivity index (χ2v) is 4.30. The molecule has 1 aromatic carbocycles. The van der Waals surface area contributed by atoms with Crippen molar-refractivity contribution in [1.82, 2.24) is 5.43 Å². The van der Waals surface area contributed by atoms with Crippen molar-refractivity contribution in [3.8, 4) is 5.75 Å². The number of nitrogens with zero attached hydrogens (tertiary/aromatic N) is 1. The fraction of sp³-hybridized carbons (Fsp3) is 0.462. The Morgan fingerprint density at radius 2 is 2.22 bits per heavy atom. The largest absolute Gasteiger partial charge is 0.480 e. The summed E-state index contributed by atoms with van der Waals surface area (Å²) < 4.78 is 5.68. The van der Waals surface area contributed by atoms with Gasteiger partial charge in [0.05, 0.1) is 0 Å². The molecule has 1 rings (SSSR count). The molecule has 3 N–H and O–H groups in total. The third-order valence-corrected chi connectivity index (χ3v) is 2.60. The molecular weight excluding hydrogens is 230 g/mol. The number of benzene rings is 1. The number of hydrogen-bond donors (Lipinski definition) is 2. The molecule has 5 heteroatoms. The van der Waals surface area contributed by atoms with Crippen molar-refractivity contribution in [3.05, 3.63) is 24.3 Å². The molecular formula is C13H21N3O2. The van der Waals surface area contributed by atoms with E-state index >= 15 is 0 Å². The summed E-state index contributed by atoms with van der Waals surface area (Å²) in [5.41, 5.74) is 3.16. The fourth-order valence-corrected chi connectivity index (χ4v) is 1.60. The Labute approximate surface area is 108 Å². The van der Waals surface area contributed by atoms with E-state index in [1.54, 1.807) is 0 Å². The number of amides is 1. The van der Waals surface area contributed by atoms with Crippen molar-refractivity contribution in [3.63, 3.8) is 0 Å². The third kappa shape index (κ3) is 3.92. The average Bonchev–Trinajstić information content (AvgIpc) is 2.37. The van der Waals surface area contributed by atoms with E-state index in [0.29, 0.717) is 12.2 Å². The highest BCUT2D eigenvalue weighted by Crippen LogP contribution is 2.21. The van der Waals surface area contributed by atoms with Gasteiger partial charge in [0.25, 0.3) is 5.91 Å². The zero-order valence-electron chi connectivity index (χ0n) is 11.1. The van der Waals surface area contributed by atoms with E-state index in [1.807, 2.05) is 50.2 Å². The molecule has 1 unspecified atom stereocenters. The van der Waals surface area contributed by atoms with E-state index in [2.05, 4.69) is 5.43 Å². The quantitative estimate of drug-likeness (QED) is 0.454. The summed E-state index contributed by atoms with van der Waals surface area (Å²) in [4.78, 5) is 13.5. The Hall–Kier alpha value is -1.75. The number of hydrazine groups is 1. The molecule has 1 aromatic rings. The Morgan fingerprint density at radius 1 is 1.50 bits per heavy atom. The van der Waals surface area contributed by atoms with E-state index in [1.165, 1.54) is 0 Å². The molecule has 5 nitrogen and oxygen atoms in total. The molecule has 0 aliphatic heterocycles. The predicted octanol–water partition coefficient (Wildman–Crippen LogP) is 1.29. The van der Waals surface area contributed by atoms with Gasteiger partial charge in [-0.3, -0.25) is 10.2 Å². The molecule has 0 aromatic heterocycles. The van der Waals surface area contributed by atoms with Crippen LogP contribution in [0.15, 0.2) is 24.3 Å². The molecule has 0 saturated carbocycles. The first-order valence-corrected chi connectivity index (χ1v) is 6.03. The summed E-state index contributed by atoms with van der Waals surface area (Å²) in [6, 6.07) is 7.60. The first kappa shape index (κ1) is 14.3. The van der Waals surface area contributed by atoms with Crippen molar-refractivity contribution in [2.24, 2.45) is 5.84 Å². The summed E-state index contributed by atoms with van der Waals surface area (Å²) in [6.45, 7) is 2.00. The molecule has 0 fully saturated rings. The Balaban J connectivity index is 2.80. The van der Waals surface area contributed by atoms with Gasteiger partial charge in [-0.2, -0.15) is 0 Å². The van der Waals surface area contributed by atoms with Gasteiger partial charge >= 0.3 is 0 Å². The van der Waals surface area contributed by atoms with E-state index in [0.717, 1.165) is 12.1 Å². The highest BCUT2D eigenvalue weighted by molar-refractivity contribution is 5.80. The van der Waals surface area contributed by atoms with Crippen LogP contribution in [0.3, 0.4) is 0 Å². The zero-order valence-corrected chi connectivity index (χ0v) is 11.1. The van der Waals surface area contributed by atoms with Gasteiger partial charge < -0.3 is 9.64 Å². The molecule has 18 heavy (non-hydrogen) atoms. The van der Waals surface area contributed by atoms with Crippen LogP contribution >= 0.6 is 0 Å². The maximum absolute atomic E-state index is 11.6. The summed E-state index contributed by atoms with van der Waals surface area (Å²) in [5.74, 6) is 5.52. The van der Waals surface area contributed by atoms with E-state index in [9.17, 15) is 4.79 Å². The first-order chi connectivity index (χ1) is 8.58. The van der Waals surface area contributed by atoms with Gasteiger partial charge in [-0.15, -0.1) is 0 Å². The first-order valence-electron chi connectivity index (χ1n) is 6.03. The minimum absolute atomic E-state index is 0.299. The van der Waals surface area contributed by atoms with E-state index < -0.39 is 6.10 Å². The lowest BCUT2D eigenvalue weighted by Gasteiger charge is -2.19. The van der Waals surface area contributed by atoms with Crippen LogP contribution in [-0.4, -0.2) is 26.1 Å². The lowest BCUT2D eigenvalue weighted by Crippen LogP contribution is -2.42. The third-order valence-electron chi connectivity index (χ3n) is 2.60. The van der Waals surface area contributed by atoms with Crippen LogP contribution in [0.1, 0.15) is 19.8 Å². The SMILES string of the molecule is CCCC(Oc1cccc(N(C)C)c1)C(=O)NN. The van der Waals surface area contributed by atoms with Crippen molar-refractivity contribution in [1.29, 1.82) is 0 Å². The molecule has 0 heterocycles. The summed E-state index contributed by atoms with van der Waals surface area (Å²) >= 11 is 0. The maximum atomic E-state index is 11.6. The highest BCUT2D eigenvalue weighted by Gasteiger charge is 2.18. The van der Waals surface area contributed by atoms with E-state index in [-0.39, 0.29) is 5.91 Å². The number of rotatable bonds is 6. The molecule has 0 radical (unpaired) electrons. The number of anilines is 1. The van der Waals surface area contributed by atoms with Gasteiger partial charge in [0.1, 0.15) is 5.75 Å². The van der Waals surface area contributed by atoms with Gasteiger partial charge in [0, 0.05) is 25.8 Å². The monoisotopic (exact) mass is 251 g/mol. The molecule has 0 aliphatic rings. The molecule has 0 spiro atoms. The van der Waals surface area contributed by atoms with Crippen molar-refractivity contribution in [2.45, 2.75) is 25.9 Å². The standard InChI is InChI=1S/C13H21N3O2/c1-4-6-12(13(17)15-14)18-11-8-5-7-10(9-11)16(2)3/h5,7-9,12H,4,6,14H2,1-3H3,(H,15,17). The smallest absolute Gasteiger partial charge is 0.274 e. The summed E-state index contributed by atoms with van der Waals surface area (Å²) in [7, 11) is 3.91. The number of nitrogens with two attached hydrogens (primary N) is 1. The topological polar surface area (TPSA) is 67.6 Å². The van der Waals surface area contributed by atoms with Crippen LogP contribution in [0, 0.1) is 0 Å². The number of ether oxygens (including phenoxy) is 1. The fourth-order valence-electron chi connectivity index (χ4n) is 1.60. The summed E-state index contributed by atoms with van der Waals surface area (Å²) in [6.07, 6.45) is 0.943. The number of carbonyl (C=O) groups is 1. The van der Waals surface area contributed by atoms with Crippen LogP contribution in [-0.2, 0) is 4.79 Å². The van der Waals surface area contributed by atoms with Crippen LogP contribution < -0.4 is 20.9 Å². The minimum Gasteiger partial charge on any atom is -0.480 e. The predicted molar refractivity (Wildman–Crippen MR) is 72.4 cm³/mol. The second kappa shape index (κ2) is 6.86. The Kier molecular flexibility index (Phi) is 5.45. The van der Waals surface area contributed by atoms with Gasteiger partial charge in [-0.1, -0.05) is 19.4 Å². The molecule has 0 bridgehead atoms. The van der Waals surface area contributed by atoms with Crippen LogP contribution in [0.25, 0.3) is 0 Å². The molecule has 100 valence electrons. The highest BCUT2D eigenvalue weighted by atomic mass is 16.5. The van der Waals surface area contributed by atoms with Crippen LogP contribution in [0.4, 0.5) is 5.69 Å². The molecule has 0 aliphatic carbocycles. The van der Waals surface area contributed by atoms with E-state index in [4.69, 9.17) is 10.6 Å². The molecule has 0 saturated heterocycles. The Morgan fingerprint density at radius 3 is 2.78 bits per heavy atom. The van der Waals surface area contributed by atoms with Gasteiger partial charge in [0.2, 0.25) is 0 Å². The van der Waals surface area contributed by atoms with Crippen molar-refractivity contribution in [2.75, 3.05) is 19.0 Å². The van der Waals surface area contributed by atoms with Crippen molar-refractivity contribution < 1.29 is 9.53 Å². The van der Waals surface area contributed by atoms with Gasteiger partial charge in [-0.05, 0) is 18.6 Å². The Bertz CT molecular complexity index is 394. The maximum Gasteiger partial charge on any atom is 0.274 e. The van der Waals surface area contributed by atoms with Crippen LogP contribution in [0.5, 0.6) is 5.75 Å². The second-order valence-electron chi connectivity index (χ2n) is 4.30. The number of carbonyl (C=O) groups excluding carboxylic acids is 1. The average molecular weight is 251 g/mol. The number of hydrogen-bond acceptors (Lipinski definition) is 4. The lowest BCUT2D eigenvalue weighted by atomic mass is 10.2. The molecule has 1 amide bonds. The van der Waals surface area contributed by atoms with Gasteiger partial charge in [0.15, 0.2) is 6.10 Å². The molecule has 1 atom stereocenters. The van der Waals surface area contributed by atoms with Crippen LogP contribution in [0.2, 0.25) is 0 Å². The normalized spacial score (nSPS) is 11.8. The van der Waals surface area contributed by atoms with Crippen molar-refractivity contribution >= 4 is 11.6 Å². The number of nitrogens with one attached hydrogen (secondary N) is 1. The lowest BCUT2D eigenvalue weighted by molar-refractivity contribution is -0.128. The van der Waals surface area contributed by atoms with Gasteiger partial charge in [-0.25, -0.2) is 5.84 Å².